The molecule has 1 aromatic carbocycles. The Bertz CT molecular complexity index is 334. The first-order chi connectivity index (χ1) is 7.81. The highest BCUT2D eigenvalue weighted by Crippen LogP contribution is 2.31. The van der Waals surface area contributed by atoms with Crippen LogP contribution >= 0.6 is 11.8 Å². The number of hydrogen-bond donors (Lipinski definition) is 1. The van der Waals surface area contributed by atoms with Crippen LogP contribution in [0.15, 0.2) is 24.3 Å². The molecule has 1 heterocycles. The molecule has 3 heteroatoms. The van der Waals surface area contributed by atoms with Gasteiger partial charge in [0.05, 0.1) is 6.61 Å². The molecule has 0 aliphatic carbocycles. The summed E-state index contributed by atoms with van der Waals surface area (Å²) in [5, 5.41) is 4.30. The molecule has 1 saturated heterocycles. The van der Waals surface area contributed by atoms with Gasteiger partial charge in [0.25, 0.3) is 0 Å². The van der Waals surface area contributed by atoms with Crippen LogP contribution in [-0.4, -0.2) is 24.2 Å². The molecule has 1 aliphatic rings. The van der Waals surface area contributed by atoms with E-state index in [-0.39, 0.29) is 0 Å². The van der Waals surface area contributed by atoms with E-state index in [0.29, 0.717) is 6.04 Å². The predicted molar refractivity (Wildman–Crippen MR) is 70.3 cm³/mol. The molecule has 1 fully saturated rings. The minimum atomic E-state index is 0.434. The highest BCUT2D eigenvalue weighted by atomic mass is 32.2. The molecule has 0 aromatic heterocycles. The summed E-state index contributed by atoms with van der Waals surface area (Å²) < 4.78 is 5.67. The van der Waals surface area contributed by atoms with E-state index in [1.54, 1.807) is 0 Å². The molecule has 2 nitrogen and oxygen atoms in total. The van der Waals surface area contributed by atoms with E-state index < -0.39 is 0 Å². The maximum Gasteiger partial charge on any atom is 0.124 e. The van der Waals surface area contributed by atoms with Gasteiger partial charge in [-0.15, -0.1) is 0 Å². The lowest BCUT2D eigenvalue weighted by molar-refractivity contribution is 0.332. The largest absolute Gasteiger partial charge is 0.494 e. The van der Waals surface area contributed by atoms with Crippen LogP contribution in [-0.2, 0) is 0 Å². The minimum absolute atomic E-state index is 0.434. The molecule has 0 amide bonds. The van der Waals surface area contributed by atoms with Crippen molar-refractivity contribution in [3.05, 3.63) is 29.8 Å². The zero-order valence-electron chi connectivity index (χ0n) is 9.90. The molecular formula is C13H19NOS. The third kappa shape index (κ3) is 2.71. The monoisotopic (exact) mass is 237 g/mol. The summed E-state index contributed by atoms with van der Waals surface area (Å²) in [7, 11) is 0. The van der Waals surface area contributed by atoms with E-state index in [0.717, 1.165) is 29.9 Å². The van der Waals surface area contributed by atoms with E-state index in [1.165, 1.54) is 5.56 Å². The summed E-state index contributed by atoms with van der Waals surface area (Å²) in [5.41, 5.74) is 1.30. The van der Waals surface area contributed by atoms with E-state index in [2.05, 4.69) is 30.4 Å². The van der Waals surface area contributed by atoms with Gasteiger partial charge in [-0.1, -0.05) is 25.1 Å². The summed E-state index contributed by atoms with van der Waals surface area (Å²) in [6.07, 6.45) is 0. The van der Waals surface area contributed by atoms with Crippen molar-refractivity contribution < 1.29 is 4.74 Å². The molecular weight excluding hydrogens is 218 g/mol. The van der Waals surface area contributed by atoms with Crippen LogP contribution < -0.4 is 10.1 Å². The van der Waals surface area contributed by atoms with Gasteiger partial charge in [0, 0.05) is 29.2 Å². The van der Waals surface area contributed by atoms with Crippen molar-refractivity contribution >= 4 is 11.8 Å². The van der Waals surface area contributed by atoms with Gasteiger partial charge in [-0.2, -0.15) is 11.8 Å². The van der Waals surface area contributed by atoms with Gasteiger partial charge in [0.15, 0.2) is 0 Å². The summed E-state index contributed by atoms with van der Waals surface area (Å²) in [6.45, 7) is 6.10. The molecule has 0 saturated carbocycles. The molecule has 0 bridgehead atoms. The third-order valence-electron chi connectivity index (χ3n) is 2.79. The second-order valence-electron chi connectivity index (χ2n) is 4.08. The summed E-state index contributed by atoms with van der Waals surface area (Å²) in [6, 6.07) is 8.78. The average molecular weight is 237 g/mol. The van der Waals surface area contributed by atoms with Crippen LogP contribution in [0.25, 0.3) is 0 Å². The molecule has 2 rings (SSSR count). The molecule has 88 valence electrons. The first kappa shape index (κ1) is 11.8. The van der Waals surface area contributed by atoms with Gasteiger partial charge in [0.1, 0.15) is 5.75 Å². The van der Waals surface area contributed by atoms with Crippen molar-refractivity contribution in [2.75, 3.05) is 18.9 Å². The first-order valence-corrected chi connectivity index (χ1v) is 6.93. The van der Waals surface area contributed by atoms with Crippen LogP contribution in [0.3, 0.4) is 0 Å². The van der Waals surface area contributed by atoms with Gasteiger partial charge in [-0.05, 0) is 13.0 Å². The Balaban J connectivity index is 2.13. The smallest absolute Gasteiger partial charge is 0.124 e. The zero-order chi connectivity index (χ0) is 11.4. The summed E-state index contributed by atoms with van der Waals surface area (Å²) in [5.74, 6) is 2.16. The second-order valence-corrected chi connectivity index (χ2v) is 5.55. The Morgan fingerprint density at radius 1 is 1.44 bits per heavy atom. The highest BCUT2D eigenvalue weighted by Gasteiger charge is 2.21. The number of rotatable bonds is 3. The number of hydrogen-bond acceptors (Lipinski definition) is 3. The number of benzene rings is 1. The molecule has 1 aromatic rings. The molecule has 2 unspecified atom stereocenters. The normalized spacial score (nSPS) is 25.4. The number of nitrogens with one attached hydrogen (secondary N) is 1. The maximum atomic E-state index is 5.67. The topological polar surface area (TPSA) is 21.3 Å². The van der Waals surface area contributed by atoms with Gasteiger partial charge in [-0.25, -0.2) is 0 Å². The Morgan fingerprint density at radius 3 is 2.94 bits per heavy atom. The van der Waals surface area contributed by atoms with Crippen molar-refractivity contribution in [1.29, 1.82) is 0 Å². The summed E-state index contributed by atoms with van der Waals surface area (Å²) in [4.78, 5) is 0. The van der Waals surface area contributed by atoms with E-state index in [1.807, 2.05) is 24.8 Å². The van der Waals surface area contributed by atoms with Crippen molar-refractivity contribution in [2.24, 2.45) is 0 Å². The van der Waals surface area contributed by atoms with E-state index in [4.69, 9.17) is 4.74 Å². The maximum absolute atomic E-state index is 5.67. The molecule has 0 spiro atoms. The second kappa shape index (κ2) is 5.60. The van der Waals surface area contributed by atoms with E-state index >= 15 is 0 Å². The van der Waals surface area contributed by atoms with Crippen molar-refractivity contribution in [3.8, 4) is 5.75 Å². The van der Waals surface area contributed by atoms with Crippen LogP contribution in [0.4, 0.5) is 0 Å². The van der Waals surface area contributed by atoms with Crippen molar-refractivity contribution in [3.63, 3.8) is 0 Å². The van der Waals surface area contributed by atoms with Gasteiger partial charge < -0.3 is 10.1 Å². The molecule has 1 aliphatic heterocycles. The lowest BCUT2D eigenvalue weighted by Gasteiger charge is -2.28. The predicted octanol–water partition coefficient (Wildman–Crippen LogP) is 2.85. The Morgan fingerprint density at radius 2 is 2.25 bits per heavy atom. The fourth-order valence-electron chi connectivity index (χ4n) is 1.94. The fraction of sp³-hybridized carbons (Fsp3) is 0.538. The lowest BCUT2D eigenvalue weighted by Crippen LogP contribution is -2.34. The number of para-hydroxylation sites is 1. The SMILES string of the molecule is CCOc1ccccc1C1CSC(C)CN1. The summed E-state index contributed by atoms with van der Waals surface area (Å²) >= 11 is 2.03. The van der Waals surface area contributed by atoms with E-state index in [9.17, 15) is 0 Å². The number of ether oxygens (including phenoxy) is 1. The quantitative estimate of drug-likeness (QED) is 0.873. The molecule has 1 N–H and O–H groups in total. The van der Waals surface area contributed by atoms with Crippen LogP contribution in [0.1, 0.15) is 25.5 Å². The lowest BCUT2D eigenvalue weighted by atomic mass is 10.1. The first-order valence-electron chi connectivity index (χ1n) is 5.88. The number of thioether (sulfide) groups is 1. The van der Waals surface area contributed by atoms with Gasteiger partial charge in [0.2, 0.25) is 0 Å². The van der Waals surface area contributed by atoms with Crippen molar-refractivity contribution in [1.82, 2.24) is 5.32 Å². The minimum Gasteiger partial charge on any atom is -0.494 e. The average Bonchev–Trinajstić information content (AvgIpc) is 2.32. The van der Waals surface area contributed by atoms with Gasteiger partial charge in [-0.3, -0.25) is 0 Å². The highest BCUT2D eigenvalue weighted by molar-refractivity contribution is 8.00. The Labute approximate surface area is 102 Å². The van der Waals surface area contributed by atoms with Crippen LogP contribution in [0.2, 0.25) is 0 Å². The van der Waals surface area contributed by atoms with Crippen molar-refractivity contribution in [2.45, 2.75) is 25.1 Å². The van der Waals surface area contributed by atoms with Gasteiger partial charge >= 0.3 is 0 Å². The molecule has 2 atom stereocenters. The molecule has 0 radical (unpaired) electrons. The zero-order valence-corrected chi connectivity index (χ0v) is 10.7. The van der Waals surface area contributed by atoms with Crippen LogP contribution in [0, 0.1) is 0 Å². The Kier molecular flexibility index (Phi) is 4.13. The standard InChI is InChI=1S/C13H19NOS/c1-3-15-13-7-5-4-6-11(13)12-9-16-10(2)8-14-12/h4-7,10,12,14H,3,8-9H2,1-2H3. The van der Waals surface area contributed by atoms with Crippen LogP contribution in [0.5, 0.6) is 5.75 Å². The Hall–Kier alpha value is -0.670. The molecule has 16 heavy (non-hydrogen) atoms. The fourth-order valence-corrected chi connectivity index (χ4v) is 2.97. The third-order valence-corrected chi connectivity index (χ3v) is 4.05.